The van der Waals surface area contributed by atoms with Crippen molar-refractivity contribution in [2.75, 3.05) is 25.3 Å². The van der Waals surface area contributed by atoms with Crippen molar-refractivity contribution in [2.24, 2.45) is 5.73 Å². The average molecular weight is 377 g/mol. The number of ether oxygens (including phenoxy) is 2. The number of nitrogens with zero attached hydrogens (tertiary/aromatic N) is 2. The van der Waals surface area contributed by atoms with Gasteiger partial charge in [0.2, 0.25) is 11.7 Å². The first kappa shape index (κ1) is 17.6. The lowest BCUT2D eigenvalue weighted by Gasteiger charge is -2.47. The summed E-state index contributed by atoms with van der Waals surface area (Å²) in [6, 6.07) is 2.29. The number of hydrogen-bond acceptors (Lipinski definition) is 8. The molecule has 2 fully saturated rings. The molecule has 10 nitrogen and oxygen atoms in total. The summed E-state index contributed by atoms with van der Waals surface area (Å²) in [4.78, 5) is 41.7. The molecule has 0 saturated carbocycles. The fraction of sp³-hybridized carbons (Fsp3) is 0.471. The van der Waals surface area contributed by atoms with Crippen LogP contribution in [0.3, 0.4) is 0 Å². The van der Waals surface area contributed by atoms with Gasteiger partial charge in [-0.15, -0.1) is 0 Å². The number of aliphatic hydroxyl groups is 1. The van der Waals surface area contributed by atoms with Gasteiger partial charge in [-0.2, -0.15) is 0 Å². The quantitative estimate of drug-likeness (QED) is 0.542. The lowest BCUT2D eigenvalue weighted by molar-refractivity contribution is -0.250. The predicted octanol–water partition coefficient (Wildman–Crippen LogP) is -0.260. The Bertz CT molecular complexity index is 844. The van der Waals surface area contributed by atoms with Gasteiger partial charge in [-0.25, -0.2) is 14.7 Å². The minimum atomic E-state index is -1.83. The topological polar surface area (TPSA) is 131 Å². The second kappa shape index (κ2) is 5.83. The zero-order chi connectivity index (χ0) is 19.5. The van der Waals surface area contributed by atoms with E-state index in [-0.39, 0.29) is 18.6 Å². The van der Waals surface area contributed by atoms with Crippen LogP contribution in [0.4, 0.5) is 10.5 Å². The van der Waals surface area contributed by atoms with Crippen molar-refractivity contribution in [3.8, 4) is 5.75 Å². The molecule has 4 rings (SSSR count). The third-order valence-electron chi connectivity index (χ3n) is 5.34. The number of anilines is 1. The predicted molar refractivity (Wildman–Crippen MR) is 90.1 cm³/mol. The molecule has 3 N–H and O–H groups in total. The normalized spacial score (nSPS) is 30.1. The van der Waals surface area contributed by atoms with Crippen molar-refractivity contribution in [3.63, 3.8) is 0 Å². The number of hydrogen-bond donors (Lipinski definition) is 2. The van der Waals surface area contributed by atoms with Gasteiger partial charge >= 0.3 is 6.09 Å². The van der Waals surface area contributed by atoms with Crippen LogP contribution in [0.1, 0.15) is 28.8 Å². The van der Waals surface area contributed by atoms with E-state index in [2.05, 4.69) is 0 Å². The third-order valence-corrected chi connectivity index (χ3v) is 5.34. The van der Waals surface area contributed by atoms with Gasteiger partial charge in [-0.3, -0.25) is 9.59 Å². The van der Waals surface area contributed by atoms with Crippen molar-refractivity contribution in [1.82, 2.24) is 4.90 Å². The smallest absolute Gasteiger partial charge is 0.404 e. The van der Waals surface area contributed by atoms with E-state index in [0.29, 0.717) is 35.4 Å². The van der Waals surface area contributed by atoms with Crippen LogP contribution >= 0.6 is 0 Å². The fourth-order valence-electron chi connectivity index (χ4n) is 4.23. The number of carbonyl (C=O) groups is 3. The molecule has 27 heavy (non-hydrogen) atoms. The monoisotopic (exact) mass is 377 g/mol. The molecule has 3 heterocycles. The summed E-state index contributed by atoms with van der Waals surface area (Å²) in [5.41, 5.74) is 6.49. The molecular weight excluding hydrogens is 358 g/mol. The van der Waals surface area contributed by atoms with Gasteiger partial charge in [-0.05, 0) is 12.1 Å². The van der Waals surface area contributed by atoms with Crippen LogP contribution in [0.5, 0.6) is 5.75 Å². The molecule has 3 aliphatic rings. The Balaban J connectivity index is 1.86. The molecule has 4 atom stereocenters. The Hall–Kier alpha value is -2.85. The number of amides is 2. The van der Waals surface area contributed by atoms with E-state index in [1.807, 2.05) is 0 Å². The standard InChI is InChI=1S/C17H19N3O7/c1-8(22)20-12-5-19-11-3-9(6-21)4-13(25-2)14(11)10(7-26-16(18)23)17(24,27-19)15(12)20/h3-4,6,10,12,15,24H,5,7H2,1-2H3,(H2,18,23)/t10-,12-,15-,17?,20?/m0/s1. The second-order valence-corrected chi connectivity index (χ2v) is 6.80. The molecule has 1 aromatic rings. The van der Waals surface area contributed by atoms with Crippen LogP contribution in [0.2, 0.25) is 0 Å². The first-order valence-corrected chi connectivity index (χ1v) is 8.39. The van der Waals surface area contributed by atoms with E-state index in [9.17, 15) is 19.5 Å². The average Bonchev–Trinajstić information content (AvgIpc) is 3.36. The Labute approximate surface area is 154 Å². The van der Waals surface area contributed by atoms with Gasteiger partial charge in [0.15, 0.2) is 0 Å². The number of rotatable bonds is 4. The summed E-state index contributed by atoms with van der Waals surface area (Å²) in [7, 11) is 1.43. The first-order valence-electron chi connectivity index (χ1n) is 8.39. The molecular formula is C17H19N3O7. The maximum atomic E-state index is 11.9. The lowest BCUT2D eigenvalue weighted by atomic mass is 9.82. The van der Waals surface area contributed by atoms with Gasteiger partial charge in [0, 0.05) is 18.1 Å². The van der Waals surface area contributed by atoms with E-state index in [1.54, 1.807) is 6.07 Å². The molecule has 144 valence electrons. The zero-order valence-corrected chi connectivity index (χ0v) is 14.7. The first-order chi connectivity index (χ1) is 12.8. The Kier molecular flexibility index (Phi) is 3.79. The van der Waals surface area contributed by atoms with Gasteiger partial charge in [-0.1, -0.05) is 0 Å². The summed E-state index contributed by atoms with van der Waals surface area (Å²) < 4.78 is 10.4. The number of primary amides is 1. The largest absolute Gasteiger partial charge is 0.496 e. The molecule has 1 unspecified atom stereocenters. The molecule has 0 aliphatic carbocycles. The van der Waals surface area contributed by atoms with E-state index in [0.717, 1.165) is 0 Å². The highest BCUT2D eigenvalue weighted by Crippen LogP contribution is 2.56. The van der Waals surface area contributed by atoms with Crippen molar-refractivity contribution in [3.05, 3.63) is 23.3 Å². The SMILES string of the molecule is COc1cc(C=O)cc2c1[C@H](COC(N)=O)C1(O)ON2C[C@H]2[C@@H]1N2C(C)=O. The highest BCUT2D eigenvalue weighted by Gasteiger charge is 2.71. The number of carbonyl (C=O) groups excluding carboxylic acids is 3. The molecule has 1 aromatic carbocycles. The molecule has 3 aliphatic heterocycles. The van der Waals surface area contributed by atoms with Crippen LogP contribution in [0.15, 0.2) is 12.1 Å². The summed E-state index contributed by atoms with van der Waals surface area (Å²) in [6.45, 7) is 1.46. The summed E-state index contributed by atoms with van der Waals surface area (Å²) in [6.07, 6.45) is -0.331. The van der Waals surface area contributed by atoms with Gasteiger partial charge in [0.25, 0.3) is 0 Å². The third kappa shape index (κ3) is 2.44. The number of hydroxylamine groups is 1. The number of nitrogens with two attached hydrogens (primary N) is 1. The van der Waals surface area contributed by atoms with Gasteiger partial charge < -0.3 is 25.2 Å². The number of benzene rings is 1. The lowest BCUT2D eigenvalue weighted by Crippen LogP contribution is -2.59. The highest BCUT2D eigenvalue weighted by molar-refractivity contribution is 5.82. The van der Waals surface area contributed by atoms with Crippen molar-refractivity contribution >= 4 is 24.0 Å². The summed E-state index contributed by atoms with van der Waals surface area (Å²) in [5, 5.41) is 12.8. The van der Waals surface area contributed by atoms with Crippen molar-refractivity contribution in [2.45, 2.75) is 30.7 Å². The Morgan fingerprint density at radius 3 is 2.81 bits per heavy atom. The molecule has 0 aromatic heterocycles. The van der Waals surface area contributed by atoms with Crippen molar-refractivity contribution < 1.29 is 33.8 Å². The zero-order valence-electron chi connectivity index (χ0n) is 14.7. The van der Waals surface area contributed by atoms with E-state index >= 15 is 0 Å². The number of fused-ring (bicyclic) bond motifs is 6. The minimum Gasteiger partial charge on any atom is -0.496 e. The maximum Gasteiger partial charge on any atom is 0.404 e. The van der Waals surface area contributed by atoms with Crippen molar-refractivity contribution in [1.29, 1.82) is 0 Å². The van der Waals surface area contributed by atoms with E-state index in [4.69, 9.17) is 20.0 Å². The summed E-state index contributed by atoms with van der Waals surface area (Å²) in [5.74, 6) is -2.56. The van der Waals surface area contributed by atoms with Gasteiger partial charge in [0.1, 0.15) is 24.7 Å². The van der Waals surface area contributed by atoms with Crippen LogP contribution in [0, 0.1) is 0 Å². The van der Waals surface area contributed by atoms with Gasteiger partial charge in [0.05, 0.1) is 31.3 Å². The van der Waals surface area contributed by atoms with Crippen LogP contribution in [0.25, 0.3) is 0 Å². The minimum absolute atomic E-state index is 0.199. The van der Waals surface area contributed by atoms with E-state index in [1.165, 1.54) is 30.1 Å². The highest BCUT2D eigenvalue weighted by atomic mass is 16.8. The molecule has 2 saturated heterocycles. The van der Waals surface area contributed by atoms with Crippen LogP contribution < -0.4 is 15.5 Å². The fourth-order valence-corrected chi connectivity index (χ4v) is 4.23. The van der Waals surface area contributed by atoms with Crippen LogP contribution in [-0.2, 0) is 14.4 Å². The molecule has 0 spiro atoms. The van der Waals surface area contributed by atoms with E-state index < -0.39 is 23.8 Å². The molecule has 0 radical (unpaired) electrons. The second-order valence-electron chi connectivity index (χ2n) is 6.80. The maximum absolute atomic E-state index is 11.9. The Morgan fingerprint density at radius 2 is 2.22 bits per heavy atom. The molecule has 10 heteroatoms. The van der Waals surface area contributed by atoms with Crippen LogP contribution in [-0.4, -0.2) is 66.4 Å². The number of methoxy groups -OCH3 is 1. The summed E-state index contributed by atoms with van der Waals surface area (Å²) >= 11 is 0. The molecule has 2 bridgehead atoms. The number of aldehydes is 1. The Morgan fingerprint density at radius 1 is 1.48 bits per heavy atom. The molecule has 2 amide bonds.